The van der Waals surface area contributed by atoms with E-state index < -0.39 is 18.0 Å². The predicted molar refractivity (Wildman–Crippen MR) is 35.1 cm³/mol. The second-order valence-corrected chi connectivity index (χ2v) is 2.56. The molecule has 0 aromatic heterocycles. The van der Waals surface area contributed by atoms with Crippen LogP contribution in [-0.4, -0.2) is 18.2 Å². The largest absolute Gasteiger partial charge is 0.391 e. The zero-order chi connectivity index (χ0) is 8.20. The molecule has 5 heteroatoms. The summed E-state index contributed by atoms with van der Waals surface area (Å²) in [5.74, 6) is 0. The zero-order valence-electron chi connectivity index (χ0n) is 5.48. The Morgan fingerprint density at radius 1 is 1.50 bits per heavy atom. The van der Waals surface area contributed by atoms with Gasteiger partial charge in [0, 0.05) is 0 Å². The highest BCUT2D eigenvalue weighted by Crippen LogP contribution is 2.19. The van der Waals surface area contributed by atoms with E-state index >= 15 is 0 Å². The van der Waals surface area contributed by atoms with Gasteiger partial charge in [-0.05, 0) is 6.92 Å². The minimum absolute atomic E-state index is 0.311. The van der Waals surface area contributed by atoms with Crippen LogP contribution >= 0.6 is 12.6 Å². The molecule has 0 bridgehead atoms. The predicted octanol–water partition coefficient (Wildman–Crippen LogP) is 2.23. The molecule has 0 aliphatic rings. The van der Waals surface area contributed by atoms with E-state index in [9.17, 15) is 13.2 Å². The van der Waals surface area contributed by atoms with Gasteiger partial charge in [0.25, 0.3) is 0 Å². The van der Waals surface area contributed by atoms with Gasteiger partial charge in [-0.3, -0.25) is 0 Å². The minimum atomic E-state index is -4.12. The van der Waals surface area contributed by atoms with Crippen molar-refractivity contribution in [1.29, 1.82) is 0 Å². The molecule has 1 atom stereocenters. The molecule has 0 aromatic rings. The van der Waals surface area contributed by atoms with E-state index in [1.807, 2.05) is 0 Å². The molecule has 0 amide bonds. The van der Waals surface area contributed by atoms with Gasteiger partial charge < -0.3 is 4.74 Å². The third kappa shape index (κ3) is 8.10. The molecule has 0 rings (SSSR count). The van der Waals surface area contributed by atoms with Gasteiger partial charge in [-0.1, -0.05) is 0 Å². The van der Waals surface area contributed by atoms with Gasteiger partial charge in [-0.2, -0.15) is 13.2 Å². The first-order valence-electron chi connectivity index (χ1n) is 2.78. The minimum Gasteiger partial charge on any atom is -0.368 e. The second-order valence-electron chi connectivity index (χ2n) is 1.84. The van der Waals surface area contributed by atoms with E-state index in [0.717, 1.165) is 0 Å². The van der Waals surface area contributed by atoms with E-state index in [-0.39, 0.29) is 6.61 Å². The molecule has 10 heavy (non-hydrogen) atoms. The van der Waals surface area contributed by atoms with Gasteiger partial charge >= 0.3 is 6.18 Å². The molecule has 0 aromatic carbocycles. The molecule has 1 unspecified atom stereocenters. The summed E-state index contributed by atoms with van der Waals surface area (Å²) in [4.78, 5) is 0. The fraction of sp³-hybridized carbons (Fsp3) is 1.00. The summed E-state index contributed by atoms with van der Waals surface area (Å²) < 4.78 is 38.8. The van der Waals surface area contributed by atoms with Crippen LogP contribution in [0.4, 0.5) is 13.2 Å². The van der Waals surface area contributed by atoms with Crippen molar-refractivity contribution in [2.75, 3.05) is 6.61 Å². The van der Waals surface area contributed by atoms with E-state index in [1.165, 1.54) is 0 Å². The average molecular weight is 174 g/mol. The molecule has 0 heterocycles. The molecule has 0 radical (unpaired) electrons. The van der Waals surface area contributed by atoms with Crippen LogP contribution in [0.3, 0.4) is 0 Å². The van der Waals surface area contributed by atoms with Gasteiger partial charge in [0.15, 0.2) is 0 Å². The molecule has 0 aliphatic heterocycles. The van der Waals surface area contributed by atoms with Crippen LogP contribution in [0.1, 0.15) is 13.3 Å². The lowest BCUT2D eigenvalue weighted by Gasteiger charge is -2.08. The van der Waals surface area contributed by atoms with Crippen molar-refractivity contribution in [3.63, 3.8) is 0 Å². The molecule has 0 aliphatic carbocycles. The summed E-state index contributed by atoms with van der Waals surface area (Å²) in [6.07, 6.45) is -5.03. The summed E-state index contributed by atoms with van der Waals surface area (Å²) >= 11 is 3.74. The molecular formula is C5H9F3OS. The first-order valence-corrected chi connectivity index (χ1v) is 3.30. The number of thiol groups is 1. The van der Waals surface area contributed by atoms with Gasteiger partial charge in [-0.15, -0.1) is 12.6 Å². The van der Waals surface area contributed by atoms with E-state index in [1.54, 1.807) is 6.92 Å². The van der Waals surface area contributed by atoms with Crippen LogP contribution in [0.5, 0.6) is 0 Å². The summed E-state index contributed by atoms with van der Waals surface area (Å²) in [5.41, 5.74) is -0.428. The SMILES string of the molecule is CC(S)OCCC(F)(F)F. The van der Waals surface area contributed by atoms with Gasteiger partial charge in [0.05, 0.1) is 18.5 Å². The molecule has 1 nitrogen and oxygen atoms in total. The van der Waals surface area contributed by atoms with Gasteiger partial charge in [0.2, 0.25) is 0 Å². The molecule has 0 spiro atoms. The fourth-order valence-corrected chi connectivity index (χ4v) is 0.451. The van der Waals surface area contributed by atoms with Crippen LogP contribution in [0.15, 0.2) is 0 Å². The lowest BCUT2D eigenvalue weighted by Crippen LogP contribution is -2.13. The fourth-order valence-electron chi connectivity index (χ4n) is 0.345. The average Bonchev–Trinajstić information content (AvgIpc) is 1.59. The molecule has 0 saturated heterocycles. The molecule has 0 saturated carbocycles. The third-order valence-electron chi connectivity index (χ3n) is 0.745. The van der Waals surface area contributed by atoms with Crippen LogP contribution in [-0.2, 0) is 4.74 Å². The van der Waals surface area contributed by atoms with Crippen LogP contribution < -0.4 is 0 Å². The summed E-state index contributed by atoms with van der Waals surface area (Å²) in [6.45, 7) is 1.26. The highest BCUT2D eigenvalue weighted by Gasteiger charge is 2.26. The Morgan fingerprint density at radius 3 is 2.30 bits per heavy atom. The third-order valence-corrected chi connectivity index (χ3v) is 0.894. The quantitative estimate of drug-likeness (QED) is 0.510. The summed E-state index contributed by atoms with van der Waals surface area (Å²) in [7, 11) is 0. The van der Waals surface area contributed by atoms with Crippen LogP contribution in [0.25, 0.3) is 0 Å². The van der Waals surface area contributed by atoms with Crippen LogP contribution in [0, 0.1) is 0 Å². The Bertz CT molecular complexity index is 91.4. The van der Waals surface area contributed by atoms with E-state index in [2.05, 4.69) is 17.4 Å². The Balaban J connectivity index is 3.21. The van der Waals surface area contributed by atoms with Crippen molar-refractivity contribution >= 4 is 12.6 Å². The Hall–Kier alpha value is 0.100. The highest BCUT2D eigenvalue weighted by atomic mass is 32.1. The lowest BCUT2D eigenvalue weighted by atomic mass is 10.4. The number of rotatable bonds is 3. The summed E-state index contributed by atoms with van der Waals surface area (Å²) in [6, 6.07) is 0. The van der Waals surface area contributed by atoms with Crippen molar-refractivity contribution in [2.45, 2.75) is 25.0 Å². The molecule has 62 valence electrons. The van der Waals surface area contributed by atoms with Crippen molar-refractivity contribution in [2.24, 2.45) is 0 Å². The number of ether oxygens (including phenoxy) is 1. The summed E-state index contributed by atoms with van der Waals surface area (Å²) in [5, 5.41) is 0. The maximum atomic E-state index is 11.4. The maximum absolute atomic E-state index is 11.4. The number of hydrogen-bond acceptors (Lipinski definition) is 2. The number of hydrogen-bond donors (Lipinski definition) is 1. The normalized spacial score (nSPS) is 15.3. The Labute approximate surface area is 63.0 Å². The standard InChI is InChI=1S/C5H9F3OS/c1-4(10)9-3-2-5(6,7)8/h4,10H,2-3H2,1H3. The highest BCUT2D eigenvalue weighted by molar-refractivity contribution is 7.80. The van der Waals surface area contributed by atoms with Crippen molar-refractivity contribution in [1.82, 2.24) is 0 Å². The number of halogens is 3. The van der Waals surface area contributed by atoms with Crippen molar-refractivity contribution in [3.8, 4) is 0 Å². The van der Waals surface area contributed by atoms with Crippen molar-refractivity contribution in [3.05, 3.63) is 0 Å². The van der Waals surface area contributed by atoms with E-state index in [4.69, 9.17) is 0 Å². The zero-order valence-corrected chi connectivity index (χ0v) is 6.38. The van der Waals surface area contributed by atoms with Gasteiger partial charge in [0.1, 0.15) is 0 Å². The Kier molecular flexibility index (Phi) is 4.12. The van der Waals surface area contributed by atoms with Crippen LogP contribution in [0.2, 0.25) is 0 Å². The topological polar surface area (TPSA) is 9.23 Å². The van der Waals surface area contributed by atoms with Gasteiger partial charge in [-0.25, -0.2) is 0 Å². The number of alkyl halides is 3. The lowest BCUT2D eigenvalue weighted by molar-refractivity contribution is -0.145. The van der Waals surface area contributed by atoms with E-state index in [0.29, 0.717) is 0 Å². The monoisotopic (exact) mass is 174 g/mol. The first-order chi connectivity index (χ1) is 4.42. The smallest absolute Gasteiger partial charge is 0.368 e. The molecule has 0 N–H and O–H groups in total. The maximum Gasteiger partial charge on any atom is 0.391 e. The molecular weight excluding hydrogens is 165 g/mol. The Morgan fingerprint density at radius 2 is 2.00 bits per heavy atom. The second kappa shape index (κ2) is 4.08. The van der Waals surface area contributed by atoms with Crippen molar-refractivity contribution < 1.29 is 17.9 Å². The molecule has 0 fully saturated rings. The first kappa shape index (κ1) is 10.1.